The number of rotatable bonds is 25. The van der Waals surface area contributed by atoms with Crippen molar-refractivity contribution < 1.29 is 34.3 Å². The summed E-state index contributed by atoms with van der Waals surface area (Å²) in [7, 11) is 0. The van der Waals surface area contributed by atoms with E-state index in [0.717, 1.165) is 89.9 Å². The molecular weight excluding hydrogens is 556 g/mol. The molecule has 0 aliphatic carbocycles. The fourth-order valence-electron chi connectivity index (χ4n) is 7.25. The first-order chi connectivity index (χ1) is 21.4. The van der Waals surface area contributed by atoms with Crippen molar-refractivity contribution in [1.29, 1.82) is 0 Å². The van der Waals surface area contributed by atoms with E-state index in [2.05, 4.69) is 6.92 Å². The first-order valence-electron chi connectivity index (χ1n) is 18.6. The molecule has 0 aromatic rings. The summed E-state index contributed by atoms with van der Waals surface area (Å²) in [6.07, 6.45) is 25.9. The molecule has 0 aromatic heterocycles. The van der Waals surface area contributed by atoms with Crippen molar-refractivity contribution in [3.8, 4) is 0 Å². The molecule has 8 atom stereocenters. The van der Waals surface area contributed by atoms with Crippen molar-refractivity contribution in [2.75, 3.05) is 0 Å². The SMILES string of the molecule is CCCCCCCCCCC[C@H](O)[C@@H]1CCC(C2CC[C@H]([C@@H](O)CCCCCCCC[C@@H](O)CCC3=C[C@H](C)OC3=O)O2)O1. The molecule has 0 amide bonds. The molecule has 7 heteroatoms. The summed E-state index contributed by atoms with van der Waals surface area (Å²) < 4.78 is 17.7. The summed E-state index contributed by atoms with van der Waals surface area (Å²) in [5.74, 6) is -0.235. The van der Waals surface area contributed by atoms with E-state index >= 15 is 0 Å². The van der Waals surface area contributed by atoms with Gasteiger partial charge in [-0.25, -0.2) is 4.79 Å². The van der Waals surface area contributed by atoms with Crippen molar-refractivity contribution in [2.24, 2.45) is 0 Å². The van der Waals surface area contributed by atoms with Crippen molar-refractivity contribution in [2.45, 2.75) is 217 Å². The number of hydrogen-bond acceptors (Lipinski definition) is 7. The van der Waals surface area contributed by atoms with Crippen LogP contribution in [0.3, 0.4) is 0 Å². The molecule has 3 rings (SSSR count). The Morgan fingerprint density at radius 1 is 0.659 bits per heavy atom. The van der Waals surface area contributed by atoms with E-state index in [4.69, 9.17) is 14.2 Å². The number of aliphatic hydroxyl groups excluding tert-OH is 3. The Morgan fingerprint density at radius 2 is 1.11 bits per heavy atom. The molecule has 0 saturated carbocycles. The molecule has 7 nitrogen and oxygen atoms in total. The van der Waals surface area contributed by atoms with Gasteiger partial charge in [0, 0.05) is 5.57 Å². The number of ether oxygens (including phenoxy) is 3. The fourth-order valence-corrected chi connectivity index (χ4v) is 7.25. The maximum atomic E-state index is 11.7. The Labute approximate surface area is 268 Å². The molecule has 0 bridgehead atoms. The molecule has 0 radical (unpaired) electrons. The van der Waals surface area contributed by atoms with E-state index in [1.807, 2.05) is 13.0 Å². The number of cyclic esters (lactones) is 1. The van der Waals surface area contributed by atoms with E-state index in [-0.39, 0.29) is 48.7 Å². The van der Waals surface area contributed by atoms with Gasteiger partial charge in [0.25, 0.3) is 0 Å². The van der Waals surface area contributed by atoms with Crippen LogP contribution in [0.25, 0.3) is 0 Å². The third kappa shape index (κ3) is 14.2. The van der Waals surface area contributed by atoms with Crippen molar-refractivity contribution in [1.82, 2.24) is 0 Å². The zero-order chi connectivity index (χ0) is 31.6. The van der Waals surface area contributed by atoms with Crippen LogP contribution >= 0.6 is 0 Å². The fraction of sp³-hybridized carbons (Fsp3) is 0.919. The molecule has 44 heavy (non-hydrogen) atoms. The molecule has 0 aromatic carbocycles. The molecular formula is C37H66O7. The first-order valence-corrected chi connectivity index (χ1v) is 18.6. The van der Waals surface area contributed by atoms with E-state index in [1.54, 1.807) is 0 Å². The second kappa shape index (κ2) is 21.7. The zero-order valence-corrected chi connectivity index (χ0v) is 28.1. The van der Waals surface area contributed by atoms with Gasteiger partial charge in [0.2, 0.25) is 0 Å². The smallest absolute Gasteiger partial charge is 0.334 e. The lowest BCUT2D eigenvalue weighted by atomic mass is 10.00. The van der Waals surface area contributed by atoms with Gasteiger partial charge in [-0.15, -0.1) is 0 Å². The van der Waals surface area contributed by atoms with Crippen molar-refractivity contribution in [3.63, 3.8) is 0 Å². The van der Waals surface area contributed by atoms with E-state index in [0.29, 0.717) is 18.4 Å². The number of aliphatic hydroxyl groups is 3. The maximum Gasteiger partial charge on any atom is 0.334 e. The maximum absolute atomic E-state index is 11.7. The molecule has 3 aliphatic heterocycles. The topological polar surface area (TPSA) is 105 Å². The van der Waals surface area contributed by atoms with Gasteiger partial charge in [0.1, 0.15) is 6.10 Å². The Hall–Kier alpha value is -0.990. The molecule has 256 valence electrons. The van der Waals surface area contributed by atoms with Crippen LogP contribution in [-0.2, 0) is 19.0 Å². The average Bonchev–Trinajstić information content (AvgIpc) is 3.76. The minimum absolute atomic E-state index is 0.0437. The van der Waals surface area contributed by atoms with Gasteiger partial charge in [0.15, 0.2) is 0 Å². The molecule has 3 aliphatic rings. The Bertz CT molecular complexity index is 801. The van der Waals surface area contributed by atoms with Crippen LogP contribution in [0.15, 0.2) is 11.6 Å². The van der Waals surface area contributed by atoms with Gasteiger partial charge in [-0.3, -0.25) is 0 Å². The van der Waals surface area contributed by atoms with Crippen molar-refractivity contribution in [3.05, 3.63) is 11.6 Å². The molecule has 3 N–H and O–H groups in total. The second-order valence-corrected chi connectivity index (χ2v) is 14.0. The Morgan fingerprint density at radius 3 is 1.57 bits per heavy atom. The highest BCUT2D eigenvalue weighted by Crippen LogP contribution is 2.34. The minimum atomic E-state index is -0.417. The minimum Gasteiger partial charge on any atom is -0.455 e. The average molecular weight is 623 g/mol. The number of esters is 1. The van der Waals surface area contributed by atoms with Gasteiger partial charge in [-0.2, -0.15) is 0 Å². The monoisotopic (exact) mass is 622 g/mol. The van der Waals surface area contributed by atoms with Crippen LogP contribution in [0.1, 0.15) is 168 Å². The molecule has 3 heterocycles. The summed E-state index contributed by atoms with van der Waals surface area (Å²) in [4.78, 5) is 11.7. The van der Waals surface area contributed by atoms with Gasteiger partial charge >= 0.3 is 5.97 Å². The standard InChI is InChI=1S/C37H66O7/c1-3-4-5-6-7-8-9-13-16-19-31(39)33-23-25-35(43-33)36-26-24-34(44-36)32(40)20-17-14-11-10-12-15-18-30(38)22-21-29-27-28(2)42-37(29)41/h27-28,30-36,38-40H,3-26H2,1-2H3/t28-,30+,31-,32-,33-,34+,35?,36?/m0/s1. The predicted molar refractivity (Wildman–Crippen MR) is 175 cm³/mol. The number of unbranched alkanes of at least 4 members (excludes halogenated alkanes) is 13. The number of carbonyl (C=O) groups is 1. The van der Waals surface area contributed by atoms with Gasteiger partial charge in [-0.05, 0) is 70.8 Å². The molecule has 2 saturated heterocycles. The summed E-state index contributed by atoms with van der Waals surface area (Å²) in [6, 6.07) is 0. The van der Waals surface area contributed by atoms with Crippen LogP contribution in [0.2, 0.25) is 0 Å². The van der Waals surface area contributed by atoms with Crippen LogP contribution in [-0.4, -0.2) is 70.1 Å². The lowest BCUT2D eigenvalue weighted by molar-refractivity contribution is -0.139. The normalized spacial score (nSPS) is 27.4. The van der Waals surface area contributed by atoms with Gasteiger partial charge in [0.05, 0.1) is 42.7 Å². The van der Waals surface area contributed by atoms with Gasteiger partial charge < -0.3 is 29.5 Å². The summed E-state index contributed by atoms with van der Waals surface area (Å²) in [5.41, 5.74) is 0.701. The third-order valence-corrected chi connectivity index (χ3v) is 10.1. The molecule has 2 fully saturated rings. The highest BCUT2D eigenvalue weighted by Gasteiger charge is 2.40. The molecule has 2 unspecified atom stereocenters. The Balaban J connectivity index is 1.14. The second-order valence-electron chi connectivity index (χ2n) is 14.0. The number of carbonyl (C=O) groups excluding carboxylic acids is 1. The zero-order valence-electron chi connectivity index (χ0n) is 28.1. The van der Waals surface area contributed by atoms with E-state index < -0.39 is 6.10 Å². The first kappa shape index (κ1) is 37.5. The number of hydrogen-bond donors (Lipinski definition) is 3. The summed E-state index contributed by atoms with van der Waals surface area (Å²) in [5, 5.41) is 31.7. The van der Waals surface area contributed by atoms with Crippen LogP contribution in [0.4, 0.5) is 0 Å². The summed E-state index contributed by atoms with van der Waals surface area (Å²) >= 11 is 0. The lowest BCUT2D eigenvalue weighted by Gasteiger charge is -2.24. The highest BCUT2D eigenvalue weighted by molar-refractivity contribution is 5.90. The largest absolute Gasteiger partial charge is 0.455 e. The quantitative estimate of drug-likeness (QED) is 0.0703. The van der Waals surface area contributed by atoms with E-state index in [1.165, 1.54) is 51.4 Å². The third-order valence-electron chi connectivity index (χ3n) is 10.1. The lowest BCUT2D eigenvalue weighted by Crippen LogP contribution is -2.33. The molecule has 0 spiro atoms. The van der Waals surface area contributed by atoms with Crippen LogP contribution < -0.4 is 0 Å². The van der Waals surface area contributed by atoms with Crippen LogP contribution in [0, 0.1) is 0 Å². The highest BCUT2D eigenvalue weighted by atomic mass is 16.6. The summed E-state index contributed by atoms with van der Waals surface area (Å²) in [6.45, 7) is 4.11. The predicted octanol–water partition coefficient (Wildman–Crippen LogP) is 7.86. The van der Waals surface area contributed by atoms with Crippen molar-refractivity contribution >= 4 is 5.97 Å². The van der Waals surface area contributed by atoms with Crippen LogP contribution in [0.5, 0.6) is 0 Å². The van der Waals surface area contributed by atoms with E-state index in [9.17, 15) is 20.1 Å². The van der Waals surface area contributed by atoms with Gasteiger partial charge in [-0.1, -0.05) is 103 Å². The Kier molecular flexibility index (Phi) is 18.5.